The number of nitrogens with zero attached hydrogens (tertiary/aromatic N) is 2. The molecule has 3 aromatic carbocycles. The highest BCUT2D eigenvalue weighted by Gasteiger charge is 2.14. The van der Waals surface area contributed by atoms with Crippen molar-refractivity contribution in [3.05, 3.63) is 101 Å². The zero-order valence-electron chi connectivity index (χ0n) is 15.7. The highest BCUT2D eigenvalue weighted by molar-refractivity contribution is 7.16. The number of carbonyl (C=O) groups is 1. The third-order valence-electron chi connectivity index (χ3n) is 4.26. The third-order valence-corrected chi connectivity index (χ3v) is 5.29. The van der Waals surface area contributed by atoms with Gasteiger partial charge in [0.05, 0.1) is 10.2 Å². The van der Waals surface area contributed by atoms with Gasteiger partial charge in [0.2, 0.25) is 0 Å². The molecule has 7 heteroatoms. The number of rotatable bonds is 5. The lowest BCUT2D eigenvalue weighted by Gasteiger charge is -2.06. The summed E-state index contributed by atoms with van der Waals surface area (Å²) in [7, 11) is 0. The van der Waals surface area contributed by atoms with Gasteiger partial charge >= 0.3 is 0 Å². The lowest BCUT2D eigenvalue weighted by molar-refractivity contribution is 0.0997. The van der Waals surface area contributed by atoms with Gasteiger partial charge in [-0.1, -0.05) is 41.7 Å². The maximum atomic E-state index is 14.3. The summed E-state index contributed by atoms with van der Waals surface area (Å²) in [5.41, 5.74) is 0.506. The van der Waals surface area contributed by atoms with E-state index in [4.69, 9.17) is 4.74 Å². The van der Waals surface area contributed by atoms with E-state index < -0.39 is 17.5 Å². The summed E-state index contributed by atoms with van der Waals surface area (Å²) in [5.74, 6) is -0.778. The van der Waals surface area contributed by atoms with Crippen LogP contribution in [0, 0.1) is 11.6 Å². The van der Waals surface area contributed by atoms with Gasteiger partial charge in [-0.25, -0.2) is 8.78 Å². The lowest BCUT2D eigenvalue weighted by Crippen LogP contribution is -2.16. The van der Waals surface area contributed by atoms with E-state index in [0.717, 1.165) is 17.4 Å². The van der Waals surface area contributed by atoms with Crippen molar-refractivity contribution in [2.75, 3.05) is 0 Å². The Balaban J connectivity index is 1.73. The zero-order chi connectivity index (χ0) is 21.1. The van der Waals surface area contributed by atoms with Gasteiger partial charge in [-0.2, -0.15) is 4.99 Å². The van der Waals surface area contributed by atoms with Crippen molar-refractivity contribution in [2.24, 2.45) is 4.99 Å². The van der Waals surface area contributed by atoms with E-state index in [1.54, 1.807) is 30.3 Å². The number of ether oxygens (including phenoxy) is 1. The summed E-state index contributed by atoms with van der Waals surface area (Å²) in [4.78, 5) is 17.2. The smallest absolute Gasteiger partial charge is 0.279 e. The van der Waals surface area contributed by atoms with E-state index in [0.29, 0.717) is 21.8 Å². The van der Waals surface area contributed by atoms with Gasteiger partial charge in [-0.15, -0.1) is 6.58 Å². The first-order chi connectivity index (χ1) is 14.5. The van der Waals surface area contributed by atoms with Crippen molar-refractivity contribution in [3.8, 4) is 11.5 Å². The minimum atomic E-state index is -0.713. The largest absolute Gasteiger partial charge is 0.457 e. The third kappa shape index (κ3) is 4.06. The van der Waals surface area contributed by atoms with Crippen LogP contribution >= 0.6 is 11.3 Å². The molecule has 4 aromatic rings. The monoisotopic (exact) mass is 422 g/mol. The number of para-hydroxylation sites is 1. The maximum Gasteiger partial charge on any atom is 0.279 e. The second-order valence-corrected chi connectivity index (χ2v) is 7.39. The minimum Gasteiger partial charge on any atom is -0.457 e. The Labute approximate surface area is 175 Å². The Morgan fingerprint density at radius 3 is 2.60 bits per heavy atom. The van der Waals surface area contributed by atoms with Crippen LogP contribution in [0.5, 0.6) is 11.5 Å². The summed E-state index contributed by atoms with van der Waals surface area (Å²) >= 11 is 1.04. The van der Waals surface area contributed by atoms with Crippen LogP contribution < -0.4 is 9.54 Å². The first kappa shape index (κ1) is 19.7. The Kier molecular flexibility index (Phi) is 5.54. The van der Waals surface area contributed by atoms with Crippen molar-refractivity contribution in [1.29, 1.82) is 0 Å². The van der Waals surface area contributed by atoms with Crippen molar-refractivity contribution >= 4 is 27.5 Å². The van der Waals surface area contributed by atoms with Crippen molar-refractivity contribution in [1.82, 2.24) is 4.57 Å². The fraction of sp³-hybridized carbons (Fsp3) is 0.0435. The molecule has 1 amide bonds. The average Bonchev–Trinajstić information content (AvgIpc) is 3.06. The Morgan fingerprint density at radius 2 is 1.83 bits per heavy atom. The summed E-state index contributed by atoms with van der Waals surface area (Å²) in [6.07, 6.45) is 1.56. The number of aromatic nitrogens is 1. The summed E-state index contributed by atoms with van der Waals surface area (Å²) in [6, 6.07) is 17.9. The predicted octanol–water partition coefficient (Wildman–Crippen LogP) is 5.70. The number of amides is 1. The fourth-order valence-corrected chi connectivity index (χ4v) is 4.06. The predicted molar refractivity (Wildman–Crippen MR) is 113 cm³/mol. The van der Waals surface area contributed by atoms with E-state index in [9.17, 15) is 13.6 Å². The molecule has 0 N–H and O–H groups in total. The Bertz CT molecular complexity index is 1310. The van der Waals surface area contributed by atoms with E-state index in [-0.39, 0.29) is 16.9 Å². The molecule has 150 valence electrons. The molecule has 0 aliphatic rings. The molecule has 30 heavy (non-hydrogen) atoms. The first-order valence-corrected chi connectivity index (χ1v) is 9.88. The van der Waals surface area contributed by atoms with Crippen molar-refractivity contribution < 1.29 is 18.3 Å². The number of halogens is 2. The van der Waals surface area contributed by atoms with Gasteiger partial charge < -0.3 is 9.30 Å². The van der Waals surface area contributed by atoms with Gasteiger partial charge in [0, 0.05) is 18.2 Å². The molecule has 1 aromatic heterocycles. The van der Waals surface area contributed by atoms with Crippen LogP contribution in [0.25, 0.3) is 10.2 Å². The molecule has 0 saturated heterocycles. The van der Waals surface area contributed by atoms with Gasteiger partial charge in [0.1, 0.15) is 17.3 Å². The molecule has 0 fully saturated rings. The quantitative estimate of drug-likeness (QED) is 0.387. The maximum absolute atomic E-state index is 14.3. The second kappa shape index (κ2) is 8.42. The van der Waals surface area contributed by atoms with Crippen LogP contribution in [0.15, 0.2) is 84.4 Å². The van der Waals surface area contributed by atoms with Gasteiger partial charge in [-0.05, 0) is 36.4 Å². The summed E-state index contributed by atoms with van der Waals surface area (Å²) in [5, 5.41) is 0. The Hall–Kier alpha value is -3.58. The number of allylic oxidation sites excluding steroid dienone is 1. The molecule has 4 nitrogen and oxygen atoms in total. The molecule has 0 unspecified atom stereocenters. The molecular formula is C23H16F2N2O2S. The molecule has 0 atom stereocenters. The number of benzene rings is 3. The summed E-state index contributed by atoms with van der Waals surface area (Å²) in [6.45, 7) is 3.89. The van der Waals surface area contributed by atoms with Gasteiger partial charge in [0.15, 0.2) is 10.6 Å². The molecule has 0 bridgehead atoms. The van der Waals surface area contributed by atoms with Gasteiger partial charge in [-0.3, -0.25) is 4.79 Å². The lowest BCUT2D eigenvalue weighted by atomic mass is 10.2. The second-order valence-electron chi connectivity index (χ2n) is 6.38. The highest BCUT2D eigenvalue weighted by atomic mass is 32.1. The van der Waals surface area contributed by atoms with E-state index in [1.165, 1.54) is 10.6 Å². The molecule has 0 spiro atoms. The number of hydrogen-bond donors (Lipinski definition) is 0. The van der Waals surface area contributed by atoms with Crippen LogP contribution in [0.2, 0.25) is 0 Å². The number of hydrogen-bond acceptors (Lipinski definition) is 3. The van der Waals surface area contributed by atoms with Crippen LogP contribution in [0.4, 0.5) is 8.78 Å². The molecule has 0 aliphatic heterocycles. The number of carbonyl (C=O) groups excluding carboxylic acids is 1. The molecule has 4 rings (SSSR count). The van der Waals surface area contributed by atoms with Gasteiger partial charge in [0.25, 0.3) is 5.91 Å². The molecule has 0 radical (unpaired) electrons. The molecular weight excluding hydrogens is 406 g/mol. The van der Waals surface area contributed by atoms with Crippen LogP contribution in [-0.2, 0) is 6.54 Å². The fourth-order valence-electron chi connectivity index (χ4n) is 2.98. The number of thiazole rings is 1. The zero-order valence-corrected chi connectivity index (χ0v) is 16.5. The van der Waals surface area contributed by atoms with E-state index >= 15 is 0 Å². The van der Waals surface area contributed by atoms with E-state index in [1.807, 2.05) is 30.3 Å². The summed E-state index contributed by atoms with van der Waals surface area (Å²) < 4.78 is 35.6. The van der Waals surface area contributed by atoms with Crippen LogP contribution in [0.3, 0.4) is 0 Å². The van der Waals surface area contributed by atoms with Crippen molar-refractivity contribution in [2.45, 2.75) is 6.54 Å². The minimum absolute atomic E-state index is 0.189. The average molecular weight is 422 g/mol. The number of fused-ring (bicyclic) bond motifs is 1. The Morgan fingerprint density at radius 1 is 1.07 bits per heavy atom. The normalized spacial score (nSPS) is 11.6. The molecule has 1 heterocycles. The van der Waals surface area contributed by atoms with Crippen LogP contribution in [0.1, 0.15) is 10.4 Å². The highest BCUT2D eigenvalue weighted by Crippen LogP contribution is 2.24. The standard InChI is InChI=1S/C23H16F2N2O2S/c1-2-11-27-21-19(25)13-16(24)14-20(21)30-23(27)26-22(28)15-7-6-10-18(12-15)29-17-8-4-3-5-9-17/h2-10,12-14H,1,11H2. The topological polar surface area (TPSA) is 43.6 Å². The molecule has 0 aliphatic carbocycles. The van der Waals surface area contributed by atoms with Crippen LogP contribution in [-0.4, -0.2) is 10.5 Å². The van der Waals surface area contributed by atoms with Crippen molar-refractivity contribution in [3.63, 3.8) is 0 Å². The SMILES string of the molecule is C=CCn1c(=NC(=O)c2cccc(Oc3ccccc3)c2)sc2cc(F)cc(F)c21. The molecule has 0 saturated carbocycles. The van der Waals surface area contributed by atoms with E-state index in [2.05, 4.69) is 11.6 Å². The first-order valence-electron chi connectivity index (χ1n) is 9.06.